The van der Waals surface area contributed by atoms with Crippen LogP contribution in [0.1, 0.15) is 29.4 Å². The lowest BCUT2D eigenvalue weighted by Gasteiger charge is -2.49. The molecule has 128 valence electrons. The second kappa shape index (κ2) is 6.43. The molecule has 2 bridgehead atoms. The summed E-state index contributed by atoms with van der Waals surface area (Å²) in [4.78, 5) is 15.7. The fourth-order valence-corrected chi connectivity index (χ4v) is 4.62. The number of carbonyl (C=O) groups excluding carboxylic acids is 1. The third kappa shape index (κ3) is 3.06. The Morgan fingerprint density at radius 1 is 1.33 bits per heavy atom. The number of hydrogen-bond donors (Lipinski definition) is 1. The molecular formula is C17H19ClN2O3S. The lowest BCUT2D eigenvalue weighted by atomic mass is 9.79. The number of thiophene rings is 1. The fourth-order valence-electron chi connectivity index (χ4n) is 3.72. The van der Waals surface area contributed by atoms with Crippen LogP contribution in [0.25, 0.3) is 0 Å². The Morgan fingerprint density at radius 2 is 2.12 bits per heavy atom. The molecule has 3 aliphatic heterocycles. The summed E-state index contributed by atoms with van der Waals surface area (Å²) in [7, 11) is 0. The predicted octanol–water partition coefficient (Wildman–Crippen LogP) is 4.00. The molecule has 0 aliphatic carbocycles. The number of piperidine rings is 3. The molecule has 2 aromatic heterocycles. The summed E-state index contributed by atoms with van der Waals surface area (Å²) in [6.45, 7) is 4.52. The SMILES string of the molecule is C[C@H]1[C@H](NC(=O)c2ccc(Oc3ccc(Cl)o3)s2)C2CCN1CC2. The topological polar surface area (TPSA) is 54.7 Å². The molecule has 5 rings (SSSR count). The molecule has 2 aromatic rings. The highest BCUT2D eigenvalue weighted by molar-refractivity contribution is 7.15. The average Bonchev–Trinajstić information content (AvgIpc) is 3.21. The second-order valence-electron chi connectivity index (χ2n) is 6.39. The van der Waals surface area contributed by atoms with Gasteiger partial charge < -0.3 is 14.5 Å². The number of amides is 1. The first kappa shape index (κ1) is 16.0. The number of fused-ring (bicyclic) bond motifs is 3. The number of carbonyl (C=O) groups is 1. The van der Waals surface area contributed by atoms with E-state index in [1.54, 1.807) is 24.3 Å². The standard InChI is InChI=1S/C17H19ClN2O3S/c1-10-16(11-6-8-20(10)9-7-11)19-17(21)12-2-5-15(24-12)23-14-4-3-13(18)22-14/h2-5,10-11,16H,6-9H2,1H3,(H,19,21)/t10-,16-/m0/s1. The second-order valence-corrected chi connectivity index (χ2v) is 7.81. The highest BCUT2D eigenvalue weighted by Gasteiger charge is 2.40. The first-order valence-corrected chi connectivity index (χ1v) is 9.37. The van der Waals surface area contributed by atoms with Crippen LogP contribution in [0.4, 0.5) is 0 Å². The van der Waals surface area contributed by atoms with Gasteiger partial charge in [0.2, 0.25) is 0 Å². The van der Waals surface area contributed by atoms with E-state index in [2.05, 4.69) is 17.1 Å². The molecule has 3 fully saturated rings. The van der Waals surface area contributed by atoms with Crippen LogP contribution in [0, 0.1) is 5.92 Å². The first-order chi connectivity index (χ1) is 11.6. The van der Waals surface area contributed by atoms with Crippen LogP contribution in [0.3, 0.4) is 0 Å². The molecular weight excluding hydrogens is 348 g/mol. The molecule has 3 saturated heterocycles. The summed E-state index contributed by atoms with van der Waals surface area (Å²) >= 11 is 7.03. The first-order valence-electron chi connectivity index (χ1n) is 8.18. The molecule has 0 unspecified atom stereocenters. The largest absolute Gasteiger partial charge is 0.415 e. The summed E-state index contributed by atoms with van der Waals surface area (Å²) in [6, 6.07) is 7.46. The Morgan fingerprint density at radius 3 is 2.79 bits per heavy atom. The number of rotatable bonds is 4. The van der Waals surface area contributed by atoms with Gasteiger partial charge in [-0.25, -0.2) is 0 Å². The van der Waals surface area contributed by atoms with Crippen LogP contribution >= 0.6 is 22.9 Å². The smallest absolute Gasteiger partial charge is 0.292 e. The van der Waals surface area contributed by atoms with E-state index >= 15 is 0 Å². The van der Waals surface area contributed by atoms with E-state index in [9.17, 15) is 4.79 Å². The lowest BCUT2D eigenvalue weighted by Crippen LogP contribution is -2.62. The number of nitrogens with zero attached hydrogens (tertiary/aromatic N) is 1. The molecule has 24 heavy (non-hydrogen) atoms. The minimum absolute atomic E-state index is 0.0297. The maximum absolute atomic E-state index is 12.6. The van der Waals surface area contributed by atoms with Gasteiger partial charge in [-0.2, -0.15) is 0 Å². The Bertz CT molecular complexity index is 734. The molecule has 1 N–H and O–H groups in total. The molecule has 1 amide bonds. The molecule has 2 atom stereocenters. The van der Waals surface area contributed by atoms with Crippen molar-refractivity contribution >= 4 is 28.8 Å². The lowest BCUT2D eigenvalue weighted by molar-refractivity contribution is 0.0218. The number of nitrogens with one attached hydrogen (secondary N) is 1. The summed E-state index contributed by atoms with van der Waals surface area (Å²) in [6.07, 6.45) is 2.35. The Balaban J connectivity index is 1.41. The Labute approximate surface area is 149 Å². The van der Waals surface area contributed by atoms with Crippen molar-refractivity contribution in [3.8, 4) is 11.0 Å². The van der Waals surface area contributed by atoms with Gasteiger partial charge in [0, 0.05) is 24.2 Å². The highest BCUT2D eigenvalue weighted by atomic mass is 35.5. The predicted molar refractivity (Wildman–Crippen MR) is 93.1 cm³/mol. The van der Waals surface area contributed by atoms with E-state index in [1.807, 2.05) is 0 Å². The van der Waals surface area contributed by atoms with Crippen molar-refractivity contribution in [1.82, 2.24) is 10.2 Å². The van der Waals surface area contributed by atoms with Crippen molar-refractivity contribution in [3.63, 3.8) is 0 Å². The van der Waals surface area contributed by atoms with Crippen LogP contribution in [0.2, 0.25) is 5.22 Å². The van der Waals surface area contributed by atoms with Gasteiger partial charge in [-0.3, -0.25) is 9.69 Å². The van der Waals surface area contributed by atoms with E-state index < -0.39 is 0 Å². The molecule has 0 saturated carbocycles. The zero-order valence-electron chi connectivity index (χ0n) is 13.3. The molecule has 3 aliphatic rings. The third-order valence-electron chi connectivity index (χ3n) is 5.03. The molecule has 0 aromatic carbocycles. The maximum Gasteiger partial charge on any atom is 0.292 e. The van der Waals surface area contributed by atoms with Gasteiger partial charge in [0.1, 0.15) is 0 Å². The number of hydrogen-bond acceptors (Lipinski definition) is 5. The summed E-state index contributed by atoms with van der Waals surface area (Å²) in [5.41, 5.74) is 0. The highest BCUT2D eigenvalue weighted by Crippen LogP contribution is 2.34. The van der Waals surface area contributed by atoms with Gasteiger partial charge >= 0.3 is 0 Å². The third-order valence-corrected chi connectivity index (χ3v) is 6.20. The number of ether oxygens (including phenoxy) is 1. The molecule has 0 radical (unpaired) electrons. The van der Waals surface area contributed by atoms with Crippen LogP contribution < -0.4 is 10.1 Å². The zero-order chi connectivity index (χ0) is 16.7. The number of furan rings is 1. The van der Waals surface area contributed by atoms with Gasteiger partial charge in [-0.1, -0.05) is 11.3 Å². The van der Waals surface area contributed by atoms with Crippen molar-refractivity contribution in [2.24, 2.45) is 5.92 Å². The van der Waals surface area contributed by atoms with Crippen molar-refractivity contribution in [2.45, 2.75) is 31.8 Å². The van der Waals surface area contributed by atoms with Gasteiger partial charge in [-0.15, -0.1) is 0 Å². The van der Waals surface area contributed by atoms with Crippen molar-refractivity contribution in [3.05, 3.63) is 34.4 Å². The van der Waals surface area contributed by atoms with Crippen LogP contribution in [0.15, 0.2) is 28.7 Å². The van der Waals surface area contributed by atoms with Gasteiger partial charge in [0.15, 0.2) is 10.3 Å². The zero-order valence-corrected chi connectivity index (χ0v) is 14.9. The number of halogens is 1. The van der Waals surface area contributed by atoms with E-state index in [1.165, 1.54) is 24.2 Å². The summed E-state index contributed by atoms with van der Waals surface area (Å²) in [5, 5.41) is 4.11. The minimum atomic E-state index is -0.0297. The van der Waals surface area contributed by atoms with Crippen LogP contribution in [-0.4, -0.2) is 36.0 Å². The molecule has 5 nitrogen and oxygen atoms in total. The molecule has 0 spiro atoms. The van der Waals surface area contributed by atoms with Crippen molar-refractivity contribution in [1.29, 1.82) is 0 Å². The van der Waals surface area contributed by atoms with Crippen LogP contribution in [0.5, 0.6) is 11.0 Å². The monoisotopic (exact) mass is 366 g/mol. The average molecular weight is 367 g/mol. The van der Waals surface area contributed by atoms with Gasteiger partial charge in [0.25, 0.3) is 11.9 Å². The van der Waals surface area contributed by atoms with E-state index in [0.29, 0.717) is 27.8 Å². The van der Waals surface area contributed by atoms with Crippen molar-refractivity contribution in [2.75, 3.05) is 13.1 Å². The van der Waals surface area contributed by atoms with E-state index in [4.69, 9.17) is 20.8 Å². The normalized spacial score (nSPS) is 28.8. The van der Waals surface area contributed by atoms with Crippen molar-refractivity contribution < 1.29 is 13.9 Å². The maximum atomic E-state index is 12.6. The fraction of sp³-hybridized carbons (Fsp3) is 0.471. The minimum Gasteiger partial charge on any atom is -0.415 e. The molecule has 5 heterocycles. The van der Waals surface area contributed by atoms with Gasteiger partial charge in [-0.05, 0) is 62.5 Å². The summed E-state index contributed by atoms with van der Waals surface area (Å²) in [5.74, 6) is 0.882. The Kier molecular flexibility index (Phi) is 4.28. The molecule has 7 heteroatoms. The van der Waals surface area contributed by atoms with E-state index in [0.717, 1.165) is 13.1 Å². The van der Waals surface area contributed by atoms with Gasteiger partial charge in [0.05, 0.1) is 4.88 Å². The quantitative estimate of drug-likeness (QED) is 0.888. The van der Waals surface area contributed by atoms with Crippen LogP contribution in [-0.2, 0) is 0 Å². The Hall–Kier alpha value is -1.50. The summed E-state index contributed by atoms with van der Waals surface area (Å²) < 4.78 is 10.7. The van der Waals surface area contributed by atoms with E-state index in [-0.39, 0.29) is 17.2 Å².